The number of piperidine rings is 1. The molecule has 2 N–H and O–H groups in total. The number of nitrogen functional groups attached to an aromatic ring is 1. The Balaban J connectivity index is 1.40. The molecule has 0 unspecified atom stereocenters. The summed E-state index contributed by atoms with van der Waals surface area (Å²) >= 11 is 1.55. The summed E-state index contributed by atoms with van der Waals surface area (Å²) in [6.45, 7) is 2.04. The van der Waals surface area contributed by atoms with Crippen LogP contribution >= 0.6 is 11.5 Å². The lowest BCUT2D eigenvalue weighted by Gasteiger charge is -2.31. The average molecular weight is 290 g/mol. The molecule has 1 saturated carbocycles. The fraction of sp³-hybridized carbons (Fsp3) is 0.615. The zero-order valence-electron chi connectivity index (χ0n) is 11.3. The molecule has 2 aromatic rings. The van der Waals surface area contributed by atoms with Crippen LogP contribution in [0.1, 0.15) is 43.5 Å². The van der Waals surface area contributed by atoms with Gasteiger partial charge in [0, 0.05) is 36.7 Å². The summed E-state index contributed by atoms with van der Waals surface area (Å²) in [6, 6.07) is 2.32. The van der Waals surface area contributed by atoms with Gasteiger partial charge in [-0.25, -0.2) is 4.98 Å². The van der Waals surface area contributed by atoms with E-state index in [1.54, 1.807) is 11.5 Å². The summed E-state index contributed by atoms with van der Waals surface area (Å²) < 4.78 is 6.49. The van der Waals surface area contributed by atoms with Gasteiger partial charge < -0.3 is 10.6 Å². The van der Waals surface area contributed by atoms with Crippen molar-refractivity contribution in [1.82, 2.24) is 19.1 Å². The Kier molecular flexibility index (Phi) is 2.87. The van der Waals surface area contributed by atoms with Crippen LogP contribution in [0.4, 0.5) is 10.9 Å². The predicted molar refractivity (Wildman–Crippen MR) is 79.0 cm³/mol. The van der Waals surface area contributed by atoms with Crippen LogP contribution < -0.4 is 10.6 Å². The van der Waals surface area contributed by atoms with Crippen LogP contribution in [0.15, 0.2) is 12.3 Å². The maximum atomic E-state index is 5.68. The molecule has 6 nitrogen and oxygen atoms in total. The monoisotopic (exact) mass is 290 g/mol. The largest absolute Gasteiger partial charge is 0.382 e. The fourth-order valence-corrected chi connectivity index (χ4v) is 3.54. The van der Waals surface area contributed by atoms with Crippen LogP contribution in [0, 0.1) is 0 Å². The number of nitrogens with two attached hydrogens (primary N) is 1. The van der Waals surface area contributed by atoms with E-state index in [9.17, 15) is 0 Å². The summed E-state index contributed by atoms with van der Waals surface area (Å²) in [5, 5.41) is 5.41. The zero-order chi connectivity index (χ0) is 13.5. The molecule has 1 aliphatic heterocycles. The minimum Gasteiger partial charge on any atom is -0.382 e. The lowest BCUT2D eigenvalue weighted by Crippen LogP contribution is -2.34. The topological polar surface area (TPSA) is 72.9 Å². The van der Waals surface area contributed by atoms with Crippen LogP contribution in [0.3, 0.4) is 0 Å². The highest BCUT2D eigenvalue weighted by Gasteiger charge is 2.29. The van der Waals surface area contributed by atoms with Crippen molar-refractivity contribution >= 4 is 22.5 Å². The van der Waals surface area contributed by atoms with Gasteiger partial charge in [-0.2, -0.15) is 9.47 Å². The van der Waals surface area contributed by atoms with E-state index in [1.807, 2.05) is 16.9 Å². The molecule has 1 saturated heterocycles. The van der Waals surface area contributed by atoms with Crippen molar-refractivity contribution in [1.29, 1.82) is 0 Å². The van der Waals surface area contributed by atoms with Gasteiger partial charge in [-0.1, -0.05) is 0 Å². The van der Waals surface area contributed by atoms with Crippen LogP contribution in [-0.4, -0.2) is 32.2 Å². The van der Waals surface area contributed by atoms with Crippen LogP contribution in [0.25, 0.3) is 0 Å². The Morgan fingerprint density at radius 3 is 2.65 bits per heavy atom. The van der Waals surface area contributed by atoms with Gasteiger partial charge in [-0.05, 0) is 31.7 Å². The van der Waals surface area contributed by atoms with Crippen molar-refractivity contribution < 1.29 is 0 Å². The maximum Gasteiger partial charge on any atom is 0.205 e. The van der Waals surface area contributed by atoms with E-state index < -0.39 is 0 Å². The normalized spacial score (nSPS) is 20.5. The zero-order valence-corrected chi connectivity index (χ0v) is 12.1. The molecule has 20 heavy (non-hydrogen) atoms. The molecular weight excluding hydrogens is 272 g/mol. The molecule has 0 bridgehead atoms. The van der Waals surface area contributed by atoms with Crippen LogP contribution in [0.2, 0.25) is 0 Å². The first-order valence-corrected chi connectivity index (χ1v) is 7.96. The Morgan fingerprint density at radius 1 is 1.20 bits per heavy atom. The third-order valence-corrected chi connectivity index (χ3v) is 4.90. The highest BCUT2D eigenvalue weighted by Crippen LogP contribution is 2.40. The Bertz CT molecular complexity index is 594. The van der Waals surface area contributed by atoms with E-state index in [1.165, 1.54) is 12.8 Å². The number of aromatic nitrogens is 4. The van der Waals surface area contributed by atoms with Crippen LogP contribution in [-0.2, 0) is 0 Å². The second-order valence-corrected chi connectivity index (χ2v) is 6.38. The number of rotatable bonds is 3. The first-order valence-electron chi connectivity index (χ1n) is 7.19. The van der Waals surface area contributed by atoms with Crippen molar-refractivity contribution in [3.05, 3.63) is 18.1 Å². The highest BCUT2D eigenvalue weighted by molar-refractivity contribution is 7.09. The smallest absolute Gasteiger partial charge is 0.205 e. The molecule has 7 heteroatoms. The van der Waals surface area contributed by atoms with Crippen molar-refractivity contribution in [3.8, 4) is 0 Å². The van der Waals surface area contributed by atoms with E-state index in [0.717, 1.165) is 36.9 Å². The number of hydrogen-bond donors (Lipinski definition) is 1. The lowest BCUT2D eigenvalue weighted by atomic mass is 10.1. The van der Waals surface area contributed by atoms with E-state index in [4.69, 9.17) is 5.73 Å². The van der Waals surface area contributed by atoms with Gasteiger partial charge in [0.15, 0.2) is 0 Å². The van der Waals surface area contributed by atoms with E-state index in [-0.39, 0.29) is 0 Å². The molecule has 2 aromatic heterocycles. The molecule has 106 valence electrons. The minimum atomic E-state index is 0.458. The SMILES string of the molecule is Nc1ccn(C2CCN(c3nc(C4CC4)ns3)CC2)n1. The molecule has 0 amide bonds. The fourth-order valence-electron chi connectivity index (χ4n) is 2.74. The molecule has 2 fully saturated rings. The molecule has 0 aromatic carbocycles. The number of nitrogens with zero attached hydrogens (tertiary/aromatic N) is 5. The van der Waals surface area contributed by atoms with E-state index >= 15 is 0 Å². The van der Waals surface area contributed by atoms with Crippen molar-refractivity contribution in [2.24, 2.45) is 0 Å². The first-order chi connectivity index (χ1) is 9.79. The summed E-state index contributed by atoms with van der Waals surface area (Å²) in [6.07, 6.45) is 6.67. The maximum absolute atomic E-state index is 5.68. The minimum absolute atomic E-state index is 0.458. The van der Waals surface area contributed by atoms with Crippen molar-refractivity contribution in [2.45, 2.75) is 37.6 Å². The molecular formula is C13H18N6S. The standard InChI is InChI=1S/C13H18N6S/c14-11-5-8-19(16-11)10-3-6-18(7-4-10)13-15-12(17-20-13)9-1-2-9/h5,8-10H,1-4,6-7H2,(H2,14,16). The molecule has 0 spiro atoms. The van der Waals surface area contributed by atoms with Crippen LogP contribution in [0.5, 0.6) is 0 Å². The molecule has 3 heterocycles. The quantitative estimate of drug-likeness (QED) is 0.936. The van der Waals surface area contributed by atoms with Crippen molar-refractivity contribution in [3.63, 3.8) is 0 Å². The predicted octanol–water partition coefficient (Wildman–Crippen LogP) is 2.04. The Labute approximate surface area is 121 Å². The summed E-state index contributed by atoms with van der Waals surface area (Å²) in [7, 11) is 0. The summed E-state index contributed by atoms with van der Waals surface area (Å²) in [4.78, 5) is 7.04. The van der Waals surface area contributed by atoms with Gasteiger partial charge in [-0.15, -0.1) is 0 Å². The average Bonchev–Trinajstić information content (AvgIpc) is 3.04. The molecule has 1 aliphatic carbocycles. The molecule has 2 aliphatic rings. The molecule has 0 radical (unpaired) electrons. The lowest BCUT2D eigenvalue weighted by molar-refractivity contribution is 0.367. The van der Waals surface area contributed by atoms with Gasteiger partial charge in [-0.3, -0.25) is 4.68 Å². The molecule has 4 rings (SSSR count). The first kappa shape index (κ1) is 12.1. The second-order valence-electron chi connectivity index (χ2n) is 5.65. The number of hydrogen-bond acceptors (Lipinski definition) is 6. The number of anilines is 2. The third-order valence-electron chi connectivity index (χ3n) is 4.11. The van der Waals surface area contributed by atoms with Gasteiger partial charge in [0.05, 0.1) is 6.04 Å². The summed E-state index contributed by atoms with van der Waals surface area (Å²) in [5.74, 6) is 2.31. The molecule has 0 atom stereocenters. The third kappa shape index (κ3) is 2.26. The van der Waals surface area contributed by atoms with E-state index in [2.05, 4.69) is 19.4 Å². The van der Waals surface area contributed by atoms with E-state index in [0.29, 0.717) is 17.8 Å². The Morgan fingerprint density at radius 2 is 2.00 bits per heavy atom. The highest BCUT2D eigenvalue weighted by atomic mass is 32.1. The second kappa shape index (κ2) is 4.73. The Hall–Kier alpha value is -1.63. The van der Waals surface area contributed by atoms with Gasteiger partial charge in [0.25, 0.3) is 0 Å². The van der Waals surface area contributed by atoms with Gasteiger partial charge >= 0.3 is 0 Å². The van der Waals surface area contributed by atoms with Crippen molar-refractivity contribution in [2.75, 3.05) is 23.7 Å². The summed E-state index contributed by atoms with van der Waals surface area (Å²) in [5.41, 5.74) is 5.68. The van der Waals surface area contributed by atoms with Gasteiger partial charge in [0.2, 0.25) is 5.13 Å². The van der Waals surface area contributed by atoms with Gasteiger partial charge in [0.1, 0.15) is 11.6 Å².